The normalized spacial score (nSPS) is 15.9. The molecule has 1 aliphatic heterocycles. The quantitative estimate of drug-likeness (QED) is 0.814. The molecule has 1 saturated heterocycles. The van der Waals surface area contributed by atoms with Gasteiger partial charge in [-0.15, -0.1) is 0 Å². The lowest BCUT2D eigenvalue weighted by molar-refractivity contribution is 0.319. The average molecular weight is 234 g/mol. The van der Waals surface area contributed by atoms with Crippen molar-refractivity contribution in [3.8, 4) is 5.75 Å². The monoisotopic (exact) mass is 234 g/mol. The molecule has 0 bridgehead atoms. The summed E-state index contributed by atoms with van der Waals surface area (Å²) in [6, 6.07) is 6.09. The van der Waals surface area contributed by atoms with Crippen molar-refractivity contribution in [2.75, 3.05) is 30.3 Å². The average Bonchev–Trinajstić information content (AvgIpc) is 2.39. The zero-order valence-corrected chi connectivity index (χ0v) is 10.6. The number of hydrogen-bond acceptors (Lipinski definition) is 3. The van der Waals surface area contributed by atoms with E-state index in [0.29, 0.717) is 0 Å². The first-order chi connectivity index (χ1) is 8.33. The Morgan fingerprint density at radius 2 is 2.00 bits per heavy atom. The van der Waals surface area contributed by atoms with Crippen LogP contribution in [0.15, 0.2) is 18.2 Å². The van der Waals surface area contributed by atoms with E-state index in [1.807, 2.05) is 12.1 Å². The van der Waals surface area contributed by atoms with Crippen molar-refractivity contribution >= 4 is 11.4 Å². The second kappa shape index (κ2) is 5.80. The molecule has 3 nitrogen and oxygen atoms in total. The second-order valence-electron chi connectivity index (χ2n) is 4.59. The minimum atomic E-state index is 0.730. The Hall–Kier alpha value is -1.38. The largest absolute Gasteiger partial charge is 0.491 e. The van der Waals surface area contributed by atoms with Crippen LogP contribution in [0, 0.1) is 0 Å². The summed E-state index contributed by atoms with van der Waals surface area (Å²) < 4.78 is 5.67. The van der Waals surface area contributed by atoms with Gasteiger partial charge >= 0.3 is 0 Å². The van der Waals surface area contributed by atoms with Gasteiger partial charge in [0.2, 0.25) is 0 Å². The van der Waals surface area contributed by atoms with E-state index in [1.165, 1.54) is 19.3 Å². The van der Waals surface area contributed by atoms with Gasteiger partial charge in [-0.1, -0.05) is 13.0 Å². The summed E-state index contributed by atoms with van der Waals surface area (Å²) in [5, 5.41) is 0. The molecule has 94 valence electrons. The summed E-state index contributed by atoms with van der Waals surface area (Å²) in [6.45, 7) is 5.06. The first kappa shape index (κ1) is 12.1. The van der Waals surface area contributed by atoms with Gasteiger partial charge in [-0.05, 0) is 37.8 Å². The third-order valence-electron chi connectivity index (χ3n) is 3.20. The molecule has 0 saturated carbocycles. The molecule has 1 heterocycles. The SMILES string of the molecule is CCCOc1cccc(N2CCCCC2)c1N. The molecular formula is C14H22N2O. The van der Waals surface area contributed by atoms with Crippen molar-refractivity contribution in [1.82, 2.24) is 0 Å². The zero-order chi connectivity index (χ0) is 12.1. The number of nitrogens with two attached hydrogens (primary N) is 1. The van der Waals surface area contributed by atoms with Crippen LogP contribution in [0.25, 0.3) is 0 Å². The van der Waals surface area contributed by atoms with Crippen molar-refractivity contribution in [3.05, 3.63) is 18.2 Å². The molecule has 1 fully saturated rings. The van der Waals surface area contributed by atoms with E-state index in [4.69, 9.17) is 10.5 Å². The molecule has 1 aromatic carbocycles. The van der Waals surface area contributed by atoms with Gasteiger partial charge in [0.1, 0.15) is 5.75 Å². The van der Waals surface area contributed by atoms with Crippen molar-refractivity contribution < 1.29 is 4.74 Å². The highest BCUT2D eigenvalue weighted by molar-refractivity contribution is 5.74. The standard InChI is InChI=1S/C14H22N2O/c1-2-11-17-13-8-6-7-12(14(13)15)16-9-4-3-5-10-16/h6-8H,2-5,9-11,15H2,1H3. The van der Waals surface area contributed by atoms with Gasteiger partial charge in [-0.25, -0.2) is 0 Å². The Bertz CT molecular complexity index is 359. The molecule has 2 rings (SSSR count). The first-order valence-corrected chi connectivity index (χ1v) is 6.59. The number of rotatable bonds is 4. The van der Waals surface area contributed by atoms with Crippen LogP contribution in [0.2, 0.25) is 0 Å². The summed E-state index contributed by atoms with van der Waals surface area (Å²) >= 11 is 0. The van der Waals surface area contributed by atoms with Gasteiger partial charge in [-0.3, -0.25) is 0 Å². The Labute approximate surface area is 104 Å². The molecule has 0 radical (unpaired) electrons. The summed E-state index contributed by atoms with van der Waals surface area (Å²) in [7, 11) is 0. The predicted octanol–water partition coefficient (Wildman–Crippen LogP) is 3.05. The molecule has 0 amide bonds. The van der Waals surface area contributed by atoms with Crippen LogP contribution in [0.1, 0.15) is 32.6 Å². The van der Waals surface area contributed by atoms with Gasteiger partial charge in [0.25, 0.3) is 0 Å². The second-order valence-corrected chi connectivity index (χ2v) is 4.59. The number of para-hydroxylation sites is 1. The fourth-order valence-electron chi connectivity index (χ4n) is 2.28. The Balaban J connectivity index is 2.15. The molecule has 17 heavy (non-hydrogen) atoms. The van der Waals surface area contributed by atoms with Gasteiger partial charge in [-0.2, -0.15) is 0 Å². The van der Waals surface area contributed by atoms with Crippen LogP contribution in [0.3, 0.4) is 0 Å². The molecular weight excluding hydrogens is 212 g/mol. The summed E-state index contributed by atoms with van der Waals surface area (Å²) in [6.07, 6.45) is 4.87. The lowest BCUT2D eigenvalue weighted by Crippen LogP contribution is -2.30. The van der Waals surface area contributed by atoms with E-state index < -0.39 is 0 Å². The third-order valence-corrected chi connectivity index (χ3v) is 3.20. The molecule has 1 aromatic rings. The van der Waals surface area contributed by atoms with Gasteiger partial charge < -0.3 is 15.4 Å². The topological polar surface area (TPSA) is 38.5 Å². The number of ether oxygens (including phenoxy) is 1. The fourth-order valence-corrected chi connectivity index (χ4v) is 2.28. The number of piperidine rings is 1. The number of nitrogens with zero attached hydrogens (tertiary/aromatic N) is 1. The molecule has 1 aliphatic rings. The highest BCUT2D eigenvalue weighted by Gasteiger charge is 2.15. The van der Waals surface area contributed by atoms with E-state index in [0.717, 1.165) is 43.2 Å². The maximum absolute atomic E-state index is 6.19. The summed E-state index contributed by atoms with van der Waals surface area (Å²) in [5.74, 6) is 0.829. The maximum atomic E-state index is 6.19. The molecule has 0 spiro atoms. The smallest absolute Gasteiger partial charge is 0.144 e. The fraction of sp³-hybridized carbons (Fsp3) is 0.571. The molecule has 0 unspecified atom stereocenters. The van der Waals surface area contributed by atoms with Crippen molar-refractivity contribution in [2.45, 2.75) is 32.6 Å². The van der Waals surface area contributed by atoms with Crippen LogP contribution in [-0.2, 0) is 0 Å². The highest BCUT2D eigenvalue weighted by atomic mass is 16.5. The first-order valence-electron chi connectivity index (χ1n) is 6.59. The van der Waals surface area contributed by atoms with Crippen LogP contribution >= 0.6 is 0 Å². The Morgan fingerprint density at radius 1 is 1.24 bits per heavy atom. The Kier molecular flexibility index (Phi) is 4.13. The summed E-state index contributed by atoms with van der Waals surface area (Å²) in [4.78, 5) is 2.37. The van der Waals surface area contributed by atoms with Crippen LogP contribution in [0.5, 0.6) is 5.75 Å². The maximum Gasteiger partial charge on any atom is 0.144 e. The minimum absolute atomic E-state index is 0.730. The van der Waals surface area contributed by atoms with Crippen molar-refractivity contribution in [3.63, 3.8) is 0 Å². The van der Waals surface area contributed by atoms with Gasteiger partial charge in [0.15, 0.2) is 0 Å². The van der Waals surface area contributed by atoms with E-state index in [2.05, 4.69) is 17.9 Å². The number of nitrogen functional groups attached to an aromatic ring is 1. The van der Waals surface area contributed by atoms with Crippen molar-refractivity contribution in [1.29, 1.82) is 0 Å². The number of benzene rings is 1. The van der Waals surface area contributed by atoms with E-state index in [-0.39, 0.29) is 0 Å². The number of anilines is 2. The van der Waals surface area contributed by atoms with Crippen LogP contribution in [-0.4, -0.2) is 19.7 Å². The molecule has 0 aliphatic carbocycles. The third kappa shape index (κ3) is 2.84. The highest BCUT2D eigenvalue weighted by Crippen LogP contribution is 2.33. The van der Waals surface area contributed by atoms with Crippen LogP contribution < -0.4 is 15.4 Å². The predicted molar refractivity (Wildman–Crippen MR) is 72.7 cm³/mol. The van der Waals surface area contributed by atoms with Gasteiger partial charge in [0, 0.05) is 13.1 Å². The van der Waals surface area contributed by atoms with E-state index >= 15 is 0 Å². The van der Waals surface area contributed by atoms with E-state index in [1.54, 1.807) is 0 Å². The molecule has 0 atom stereocenters. The summed E-state index contributed by atoms with van der Waals surface area (Å²) in [5.41, 5.74) is 8.12. The Morgan fingerprint density at radius 3 is 2.71 bits per heavy atom. The molecule has 0 aromatic heterocycles. The lowest BCUT2D eigenvalue weighted by Gasteiger charge is -2.30. The molecule has 2 N–H and O–H groups in total. The minimum Gasteiger partial charge on any atom is -0.491 e. The van der Waals surface area contributed by atoms with Gasteiger partial charge in [0.05, 0.1) is 18.0 Å². The molecule has 3 heteroatoms. The zero-order valence-electron chi connectivity index (χ0n) is 10.6. The lowest BCUT2D eigenvalue weighted by atomic mass is 10.1. The van der Waals surface area contributed by atoms with Crippen molar-refractivity contribution in [2.24, 2.45) is 0 Å². The number of hydrogen-bond donors (Lipinski definition) is 1. The van der Waals surface area contributed by atoms with Crippen LogP contribution in [0.4, 0.5) is 11.4 Å². The van der Waals surface area contributed by atoms with E-state index in [9.17, 15) is 0 Å².